The van der Waals surface area contributed by atoms with Gasteiger partial charge in [0.05, 0.1) is 7.11 Å². The largest absolute Gasteiger partial charge is 0.494 e. The van der Waals surface area contributed by atoms with Gasteiger partial charge in [0.15, 0.2) is 0 Å². The van der Waals surface area contributed by atoms with Crippen LogP contribution in [0.1, 0.15) is 31.2 Å². The highest BCUT2D eigenvalue weighted by atomic mass is 19.1. The molecule has 1 aliphatic carbocycles. The fraction of sp³-hybridized carbons (Fsp3) is 0.300. The summed E-state index contributed by atoms with van der Waals surface area (Å²) >= 11 is 0. The van der Waals surface area contributed by atoms with Gasteiger partial charge in [0, 0.05) is 18.0 Å². The lowest BCUT2D eigenvalue weighted by molar-refractivity contribution is 0.131. The van der Waals surface area contributed by atoms with E-state index in [0.717, 1.165) is 65.6 Å². The number of alkyl carbamates (subject to hydrolysis) is 1. The number of hydrogen-bond donors (Lipinski definition) is 2. The summed E-state index contributed by atoms with van der Waals surface area (Å²) in [5.74, 6) is 1.56. The molecular formula is C30H31FN4O3. The number of benzene rings is 3. The van der Waals surface area contributed by atoms with Gasteiger partial charge < -0.3 is 20.1 Å². The third kappa shape index (κ3) is 6.19. The first-order chi connectivity index (χ1) is 18.6. The first kappa shape index (κ1) is 25.4. The molecule has 1 saturated carbocycles. The van der Waals surface area contributed by atoms with Gasteiger partial charge >= 0.3 is 6.09 Å². The standard InChI is InChI=1S/C30H31FN4O3/c1-37-27-16-23(22-9-11-24(31)12-10-22)15-26-28(27)33-19-34-29(26)32-17-20-7-13-25(14-8-20)35-30(36)38-18-21-5-3-2-4-6-21/h2-6,9-12,15-16,19-20,25H,7-8,13-14,17-18H2,1H3,(H,35,36)(H,32,33,34). The van der Waals surface area contributed by atoms with Gasteiger partial charge in [0.1, 0.15) is 35.8 Å². The zero-order valence-electron chi connectivity index (χ0n) is 21.3. The van der Waals surface area contributed by atoms with Crippen molar-refractivity contribution < 1.29 is 18.7 Å². The van der Waals surface area contributed by atoms with E-state index in [2.05, 4.69) is 20.6 Å². The molecule has 0 unspecified atom stereocenters. The Morgan fingerprint density at radius 3 is 2.47 bits per heavy atom. The molecule has 2 N–H and O–H groups in total. The third-order valence-electron chi connectivity index (χ3n) is 7.04. The number of carbonyl (C=O) groups excluding carboxylic acids is 1. The van der Waals surface area contributed by atoms with E-state index in [1.807, 2.05) is 42.5 Å². The predicted molar refractivity (Wildman–Crippen MR) is 145 cm³/mol. The monoisotopic (exact) mass is 514 g/mol. The van der Waals surface area contributed by atoms with Crippen LogP contribution in [0.4, 0.5) is 15.0 Å². The van der Waals surface area contributed by atoms with Gasteiger partial charge in [0.25, 0.3) is 0 Å². The van der Waals surface area contributed by atoms with Crippen LogP contribution in [0.5, 0.6) is 5.75 Å². The third-order valence-corrected chi connectivity index (χ3v) is 7.04. The zero-order valence-corrected chi connectivity index (χ0v) is 21.3. The Bertz CT molecular complexity index is 1370. The smallest absolute Gasteiger partial charge is 0.407 e. The quantitative estimate of drug-likeness (QED) is 0.285. The van der Waals surface area contributed by atoms with Crippen LogP contribution in [0, 0.1) is 11.7 Å². The van der Waals surface area contributed by atoms with Gasteiger partial charge in [-0.15, -0.1) is 0 Å². The number of halogens is 1. The number of hydrogen-bond acceptors (Lipinski definition) is 6. The van der Waals surface area contributed by atoms with Crippen molar-refractivity contribution in [1.82, 2.24) is 15.3 Å². The van der Waals surface area contributed by atoms with Crippen molar-refractivity contribution in [2.24, 2.45) is 5.92 Å². The summed E-state index contributed by atoms with van der Waals surface area (Å²) in [5, 5.41) is 7.37. The molecule has 1 fully saturated rings. The molecule has 0 radical (unpaired) electrons. The number of methoxy groups -OCH3 is 1. The molecule has 1 heterocycles. The van der Waals surface area contributed by atoms with Crippen molar-refractivity contribution in [2.45, 2.75) is 38.3 Å². The van der Waals surface area contributed by atoms with Crippen molar-refractivity contribution >= 4 is 22.8 Å². The normalized spacial score (nSPS) is 17.1. The number of nitrogens with one attached hydrogen (secondary N) is 2. The van der Waals surface area contributed by atoms with E-state index in [4.69, 9.17) is 9.47 Å². The number of carbonyl (C=O) groups is 1. The van der Waals surface area contributed by atoms with E-state index < -0.39 is 0 Å². The summed E-state index contributed by atoms with van der Waals surface area (Å²) in [5.41, 5.74) is 3.47. The van der Waals surface area contributed by atoms with Crippen LogP contribution < -0.4 is 15.4 Å². The lowest BCUT2D eigenvalue weighted by Gasteiger charge is -2.29. The molecule has 7 nitrogen and oxygen atoms in total. The molecule has 0 saturated heterocycles. The van der Waals surface area contributed by atoms with E-state index in [9.17, 15) is 9.18 Å². The summed E-state index contributed by atoms with van der Waals surface area (Å²) in [7, 11) is 1.61. The summed E-state index contributed by atoms with van der Waals surface area (Å²) in [6.45, 7) is 1.03. The number of aromatic nitrogens is 2. The van der Waals surface area contributed by atoms with Crippen molar-refractivity contribution in [1.29, 1.82) is 0 Å². The summed E-state index contributed by atoms with van der Waals surface area (Å²) in [4.78, 5) is 21.2. The van der Waals surface area contributed by atoms with Gasteiger partial charge in [0.2, 0.25) is 0 Å². The Morgan fingerprint density at radius 2 is 1.74 bits per heavy atom. The molecule has 1 aromatic heterocycles. The number of nitrogens with zero attached hydrogens (tertiary/aromatic N) is 2. The topological polar surface area (TPSA) is 85.4 Å². The molecule has 0 bridgehead atoms. The van der Waals surface area contributed by atoms with Gasteiger partial charge in [-0.2, -0.15) is 0 Å². The highest BCUT2D eigenvalue weighted by Crippen LogP contribution is 2.34. The van der Waals surface area contributed by atoms with Crippen LogP contribution in [0.25, 0.3) is 22.0 Å². The summed E-state index contributed by atoms with van der Waals surface area (Å²) in [6, 6.07) is 20.1. The van der Waals surface area contributed by atoms with Crippen molar-refractivity contribution in [3.05, 3.63) is 84.4 Å². The van der Waals surface area contributed by atoms with Crippen molar-refractivity contribution in [3.63, 3.8) is 0 Å². The van der Waals surface area contributed by atoms with Gasteiger partial charge in [-0.1, -0.05) is 42.5 Å². The molecular weight excluding hydrogens is 483 g/mol. The Balaban J connectivity index is 1.18. The Hall–Kier alpha value is -4.20. The summed E-state index contributed by atoms with van der Waals surface area (Å²) in [6.07, 6.45) is 4.95. The van der Waals surface area contributed by atoms with E-state index >= 15 is 0 Å². The minimum atomic E-state index is -0.367. The lowest BCUT2D eigenvalue weighted by Crippen LogP contribution is -2.38. The molecule has 1 aliphatic rings. The first-order valence-electron chi connectivity index (χ1n) is 12.9. The van der Waals surface area contributed by atoms with Crippen LogP contribution in [-0.2, 0) is 11.3 Å². The Morgan fingerprint density at radius 1 is 0.974 bits per heavy atom. The second kappa shape index (κ2) is 11.9. The number of fused-ring (bicyclic) bond motifs is 1. The highest BCUT2D eigenvalue weighted by Gasteiger charge is 2.23. The average molecular weight is 515 g/mol. The Kier molecular flexibility index (Phi) is 7.97. The number of rotatable bonds is 8. The maximum atomic E-state index is 13.4. The van der Waals surface area contributed by atoms with Gasteiger partial charge in [-0.25, -0.2) is 19.2 Å². The molecule has 3 aromatic carbocycles. The number of amides is 1. The summed E-state index contributed by atoms with van der Waals surface area (Å²) < 4.78 is 24.4. The molecule has 0 spiro atoms. The predicted octanol–water partition coefficient (Wildman–Crippen LogP) is 6.34. The molecule has 0 aliphatic heterocycles. The van der Waals surface area contributed by atoms with Gasteiger partial charge in [-0.05, 0) is 72.6 Å². The van der Waals surface area contributed by atoms with Crippen molar-refractivity contribution in [2.75, 3.05) is 19.0 Å². The second-order valence-corrected chi connectivity index (χ2v) is 9.61. The molecule has 0 atom stereocenters. The second-order valence-electron chi connectivity index (χ2n) is 9.61. The maximum absolute atomic E-state index is 13.4. The van der Waals surface area contributed by atoms with Crippen molar-refractivity contribution in [3.8, 4) is 16.9 Å². The van der Waals surface area contributed by atoms with E-state index in [1.54, 1.807) is 19.2 Å². The molecule has 4 aromatic rings. The fourth-order valence-electron chi connectivity index (χ4n) is 4.92. The van der Waals surface area contributed by atoms with Crippen LogP contribution in [0.15, 0.2) is 73.1 Å². The van der Waals surface area contributed by atoms with E-state index in [1.165, 1.54) is 18.5 Å². The minimum Gasteiger partial charge on any atom is -0.494 e. The SMILES string of the molecule is COc1cc(-c2ccc(F)cc2)cc2c(NCC3CCC(NC(=O)OCc4ccccc4)CC3)ncnc12. The lowest BCUT2D eigenvalue weighted by atomic mass is 9.86. The molecule has 5 rings (SSSR count). The average Bonchev–Trinajstić information content (AvgIpc) is 2.96. The fourth-order valence-corrected chi connectivity index (χ4v) is 4.92. The number of anilines is 1. The minimum absolute atomic E-state index is 0.122. The Labute approximate surface area is 221 Å². The van der Waals surface area contributed by atoms with Crippen LogP contribution in [0.3, 0.4) is 0 Å². The maximum Gasteiger partial charge on any atom is 0.407 e. The van der Waals surface area contributed by atoms with Crippen LogP contribution in [0.2, 0.25) is 0 Å². The zero-order chi connectivity index (χ0) is 26.3. The first-order valence-corrected chi connectivity index (χ1v) is 12.9. The van der Waals surface area contributed by atoms with Crippen LogP contribution >= 0.6 is 0 Å². The highest BCUT2D eigenvalue weighted by molar-refractivity contribution is 5.96. The molecule has 38 heavy (non-hydrogen) atoms. The van der Waals surface area contributed by atoms with E-state index in [-0.39, 0.29) is 24.6 Å². The van der Waals surface area contributed by atoms with Crippen LogP contribution in [-0.4, -0.2) is 35.8 Å². The molecule has 8 heteroatoms. The van der Waals surface area contributed by atoms with Gasteiger partial charge in [-0.3, -0.25) is 0 Å². The molecule has 1 amide bonds. The molecule has 196 valence electrons. The number of ether oxygens (including phenoxy) is 2. The van der Waals surface area contributed by atoms with E-state index in [0.29, 0.717) is 11.7 Å².